The summed E-state index contributed by atoms with van der Waals surface area (Å²) in [6, 6.07) is 12.4. The monoisotopic (exact) mass is 314 g/mol. The van der Waals surface area contributed by atoms with Gasteiger partial charge in [0.05, 0.1) is 11.9 Å². The Hall–Kier alpha value is -1.31. The molecule has 0 atom stereocenters. The lowest BCUT2D eigenvalue weighted by molar-refractivity contribution is 0.282. The number of hydrogen-bond acceptors (Lipinski definition) is 1. The molecule has 23 heavy (non-hydrogen) atoms. The fraction of sp³-hybridized carbons (Fsp3) is 0.667. The van der Waals surface area contributed by atoms with Crippen molar-refractivity contribution in [3.63, 3.8) is 0 Å². The maximum absolute atomic E-state index is 5.24. The summed E-state index contributed by atoms with van der Waals surface area (Å²) in [6.07, 6.45) is 8.79. The first-order valence-corrected chi connectivity index (χ1v) is 9.47. The Bertz CT molecular complexity index is 462. The van der Waals surface area contributed by atoms with Gasteiger partial charge in [-0.3, -0.25) is 4.99 Å². The van der Waals surface area contributed by atoms with Crippen LogP contribution in [-0.2, 0) is 6.42 Å². The van der Waals surface area contributed by atoms with E-state index < -0.39 is 0 Å². The molecule has 128 valence electrons. The Labute approximate surface area is 143 Å². The van der Waals surface area contributed by atoms with Gasteiger partial charge < -0.3 is 4.90 Å². The Kier molecular flexibility index (Phi) is 7.14. The van der Waals surface area contributed by atoms with E-state index in [0.29, 0.717) is 18.1 Å². The number of rotatable bonds is 6. The lowest BCUT2D eigenvalue weighted by Gasteiger charge is -2.35. The van der Waals surface area contributed by atoms with Gasteiger partial charge in [0.15, 0.2) is 0 Å². The number of nitrogens with zero attached hydrogens (tertiary/aromatic N) is 2. The van der Waals surface area contributed by atoms with E-state index in [1.54, 1.807) is 0 Å². The molecule has 0 amide bonds. The van der Waals surface area contributed by atoms with E-state index in [4.69, 9.17) is 4.99 Å². The zero-order valence-corrected chi connectivity index (χ0v) is 15.5. The van der Waals surface area contributed by atoms with E-state index in [1.807, 2.05) is 0 Å². The standard InChI is InChI=1S/C21H34N2/c1-17(2)23(18(3)4)21(22-20-13-9-6-10-14-20)16-15-19-11-7-5-8-12-19/h5,7-8,11-12,17-18,20H,6,9-10,13-16H2,1-4H3. The smallest absolute Gasteiger partial charge is 0.1000 e. The molecule has 1 aliphatic rings. The molecule has 2 heteroatoms. The first kappa shape index (κ1) is 18.0. The summed E-state index contributed by atoms with van der Waals surface area (Å²) >= 11 is 0. The molecule has 1 fully saturated rings. The van der Waals surface area contributed by atoms with Gasteiger partial charge in [-0.05, 0) is 52.5 Å². The van der Waals surface area contributed by atoms with Crippen molar-refractivity contribution in [2.75, 3.05) is 0 Å². The highest BCUT2D eigenvalue weighted by Gasteiger charge is 2.21. The summed E-state index contributed by atoms with van der Waals surface area (Å²) in [4.78, 5) is 7.76. The second kappa shape index (κ2) is 9.10. The topological polar surface area (TPSA) is 15.6 Å². The third-order valence-electron chi connectivity index (χ3n) is 4.80. The van der Waals surface area contributed by atoms with Crippen LogP contribution in [0.25, 0.3) is 0 Å². The highest BCUT2D eigenvalue weighted by atomic mass is 15.2. The molecule has 1 aromatic carbocycles. The normalized spacial score (nSPS) is 17.0. The van der Waals surface area contributed by atoms with E-state index in [0.717, 1.165) is 12.8 Å². The number of aliphatic imine (C=N–C) groups is 1. The van der Waals surface area contributed by atoms with Crippen molar-refractivity contribution in [1.82, 2.24) is 4.90 Å². The Morgan fingerprint density at radius 3 is 2.17 bits per heavy atom. The van der Waals surface area contributed by atoms with Crippen LogP contribution in [0.4, 0.5) is 0 Å². The molecule has 0 aliphatic heterocycles. The highest BCUT2D eigenvalue weighted by Crippen LogP contribution is 2.22. The molecule has 0 radical (unpaired) electrons. The summed E-state index contributed by atoms with van der Waals surface area (Å²) < 4.78 is 0. The maximum Gasteiger partial charge on any atom is 0.1000 e. The number of hydrogen-bond donors (Lipinski definition) is 0. The fourth-order valence-corrected chi connectivity index (χ4v) is 3.77. The van der Waals surface area contributed by atoms with Crippen LogP contribution in [0.15, 0.2) is 35.3 Å². The van der Waals surface area contributed by atoms with E-state index in [-0.39, 0.29) is 0 Å². The van der Waals surface area contributed by atoms with Crippen LogP contribution in [0.1, 0.15) is 71.8 Å². The zero-order valence-electron chi connectivity index (χ0n) is 15.5. The predicted molar refractivity (Wildman–Crippen MR) is 101 cm³/mol. The Morgan fingerprint density at radius 2 is 1.61 bits per heavy atom. The molecule has 0 bridgehead atoms. The molecule has 0 unspecified atom stereocenters. The lowest BCUT2D eigenvalue weighted by atomic mass is 9.96. The van der Waals surface area contributed by atoms with Gasteiger partial charge in [-0.25, -0.2) is 0 Å². The van der Waals surface area contributed by atoms with Crippen LogP contribution in [0, 0.1) is 0 Å². The minimum atomic E-state index is 0.508. The highest BCUT2D eigenvalue weighted by molar-refractivity contribution is 5.83. The van der Waals surface area contributed by atoms with Gasteiger partial charge in [0.25, 0.3) is 0 Å². The van der Waals surface area contributed by atoms with Crippen LogP contribution >= 0.6 is 0 Å². The number of aryl methyl sites for hydroxylation is 1. The third-order valence-corrected chi connectivity index (χ3v) is 4.80. The molecule has 0 heterocycles. The van der Waals surface area contributed by atoms with Gasteiger partial charge in [0.1, 0.15) is 0 Å². The number of benzene rings is 1. The molecular weight excluding hydrogens is 280 g/mol. The van der Waals surface area contributed by atoms with Crippen molar-refractivity contribution >= 4 is 5.84 Å². The second-order valence-corrected chi connectivity index (χ2v) is 7.42. The lowest BCUT2D eigenvalue weighted by Crippen LogP contribution is -2.43. The van der Waals surface area contributed by atoms with Crippen molar-refractivity contribution in [3.05, 3.63) is 35.9 Å². The molecule has 1 aromatic rings. The van der Waals surface area contributed by atoms with E-state index in [2.05, 4.69) is 62.9 Å². The second-order valence-electron chi connectivity index (χ2n) is 7.42. The van der Waals surface area contributed by atoms with Crippen LogP contribution in [-0.4, -0.2) is 28.9 Å². The van der Waals surface area contributed by atoms with E-state index >= 15 is 0 Å². The minimum absolute atomic E-state index is 0.508. The largest absolute Gasteiger partial charge is 0.355 e. The summed E-state index contributed by atoms with van der Waals surface area (Å²) in [6.45, 7) is 9.16. The van der Waals surface area contributed by atoms with Gasteiger partial charge in [0.2, 0.25) is 0 Å². The summed E-state index contributed by atoms with van der Waals surface area (Å²) in [5.74, 6) is 1.32. The summed E-state index contributed by atoms with van der Waals surface area (Å²) in [5.41, 5.74) is 1.41. The van der Waals surface area contributed by atoms with Gasteiger partial charge in [-0.2, -0.15) is 0 Å². The van der Waals surface area contributed by atoms with Crippen molar-refractivity contribution in [2.45, 2.75) is 90.8 Å². The summed E-state index contributed by atoms with van der Waals surface area (Å²) in [7, 11) is 0. The first-order chi connectivity index (χ1) is 11.1. The Balaban J connectivity index is 2.13. The molecule has 1 saturated carbocycles. The third kappa shape index (κ3) is 5.67. The van der Waals surface area contributed by atoms with Gasteiger partial charge in [-0.1, -0.05) is 49.6 Å². The van der Waals surface area contributed by atoms with Crippen LogP contribution < -0.4 is 0 Å². The predicted octanol–water partition coefficient (Wildman–Crippen LogP) is 5.47. The van der Waals surface area contributed by atoms with Crippen molar-refractivity contribution in [3.8, 4) is 0 Å². The molecular formula is C21H34N2. The molecule has 0 N–H and O–H groups in total. The van der Waals surface area contributed by atoms with Crippen LogP contribution in [0.5, 0.6) is 0 Å². The molecule has 0 spiro atoms. The SMILES string of the molecule is CC(C)N(C(CCc1ccccc1)=NC1CCCCC1)C(C)C. The quantitative estimate of drug-likeness (QED) is 0.502. The summed E-state index contributed by atoms with van der Waals surface area (Å²) in [5, 5.41) is 0. The van der Waals surface area contributed by atoms with Crippen LogP contribution in [0.3, 0.4) is 0 Å². The molecule has 1 aliphatic carbocycles. The molecule has 2 nitrogen and oxygen atoms in total. The fourth-order valence-electron chi connectivity index (χ4n) is 3.77. The van der Waals surface area contributed by atoms with E-state index in [1.165, 1.54) is 43.5 Å². The maximum atomic E-state index is 5.24. The van der Waals surface area contributed by atoms with Gasteiger partial charge in [-0.15, -0.1) is 0 Å². The number of amidine groups is 1. The zero-order chi connectivity index (χ0) is 16.7. The van der Waals surface area contributed by atoms with Gasteiger partial charge >= 0.3 is 0 Å². The molecule has 0 aromatic heterocycles. The van der Waals surface area contributed by atoms with Crippen molar-refractivity contribution < 1.29 is 0 Å². The van der Waals surface area contributed by atoms with Crippen molar-refractivity contribution in [2.24, 2.45) is 4.99 Å². The first-order valence-electron chi connectivity index (χ1n) is 9.47. The molecule has 2 rings (SSSR count). The van der Waals surface area contributed by atoms with Crippen LogP contribution in [0.2, 0.25) is 0 Å². The van der Waals surface area contributed by atoms with Gasteiger partial charge in [0, 0.05) is 18.5 Å². The molecule has 0 saturated heterocycles. The average Bonchev–Trinajstić information content (AvgIpc) is 2.54. The average molecular weight is 315 g/mol. The van der Waals surface area contributed by atoms with E-state index in [9.17, 15) is 0 Å². The van der Waals surface area contributed by atoms with Crippen molar-refractivity contribution in [1.29, 1.82) is 0 Å². The minimum Gasteiger partial charge on any atom is -0.355 e. The Morgan fingerprint density at radius 1 is 1.00 bits per heavy atom.